The fourth-order valence-corrected chi connectivity index (χ4v) is 3.80. The summed E-state index contributed by atoms with van der Waals surface area (Å²) in [5, 5.41) is 0. The van der Waals surface area contributed by atoms with Crippen LogP contribution in [0.4, 0.5) is 5.69 Å². The number of benzene rings is 1. The lowest BCUT2D eigenvalue weighted by Crippen LogP contribution is -2.46. The standard InChI is InChI=1S/C16H25N3O6S2/c1-11-9-18(2)16(20)12-7-6-8-13(17-26(4,21)22)15(12)25-14(11)10-19(3)27(5,23)24/h6-8,11,14,17H,9-10H2,1-5H3/t11-,14-/m1/s1. The van der Waals surface area contributed by atoms with Gasteiger partial charge in [-0.2, -0.15) is 0 Å². The smallest absolute Gasteiger partial charge is 0.257 e. The van der Waals surface area contributed by atoms with Crippen LogP contribution in [0, 0.1) is 5.92 Å². The Morgan fingerprint density at radius 3 is 2.44 bits per heavy atom. The second kappa shape index (κ2) is 7.64. The van der Waals surface area contributed by atoms with Crippen molar-refractivity contribution in [2.24, 2.45) is 5.92 Å². The van der Waals surface area contributed by atoms with Gasteiger partial charge in [-0.3, -0.25) is 9.52 Å². The summed E-state index contributed by atoms with van der Waals surface area (Å²) in [5.74, 6) is -0.398. The van der Waals surface area contributed by atoms with Gasteiger partial charge in [0, 0.05) is 26.6 Å². The zero-order chi connectivity index (χ0) is 20.6. The molecule has 0 aromatic heterocycles. The number of ether oxygens (including phenoxy) is 1. The summed E-state index contributed by atoms with van der Waals surface area (Å²) in [6.07, 6.45) is 1.52. The summed E-state index contributed by atoms with van der Waals surface area (Å²) in [4.78, 5) is 14.2. The Morgan fingerprint density at radius 1 is 1.26 bits per heavy atom. The maximum absolute atomic E-state index is 12.7. The number of carbonyl (C=O) groups excluding carboxylic acids is 1. The zero-order valence-corrected chi connectivity index (χ0v) is 17.6. The summed E-state index contributed by atoms with van der Waals surface area (Å²) < 4.78 is 56.5. The van der Waals surface area contributed by atoms with Gasteiger partial charge in [-0.05, 0) is 12.1 Å². The monoisotopic (exact) mass is 419 g/mol. The molecule has 0 fully saturated rings. The van der Waals surface area contributed by atoms with Crippen LogP contribution < -0.4 is 9.46 Å². The van der Waals surface area contributed by atoms with E-state index in [2.05, 4.69) is 4.72 Å². The molecule has 152 valence electrons. The number of rotatable bonds is 5. The van der Waals surface area contributed by atoms with Crippen molar-refractivity contribution in [1.29, 1.82) is 0 Å². The Kier molecular flexibility index (Phi) is 6.07. The molecule has 0 unspecified atom stereocenters. The molecular formula is C16H25N3O6S2. The predicted octanol–water partition coefficient (Wildman–Crippen LogP) is 0.419. The van der Waals surface area contributed by atoms with Crippen molar-refractivity contribution in [3.8, 4) is 5.75 Å². The molecule has 0 radical (unpaired) electrons. The SMILES string of the molecule is C[C@@H]1CN(C)C(=O)c2cccc(NS(C)(=O)=O)c2O[C@@H]1CN(C)S(C)(=O)=O. The molecular weight excluding hydrogens is 394 g/mol. The Labute approximate surface area is 160 Å². The van der Waals surface area contributed by atoms with E-state index in [0.717, 1.165) is 12.5 Å². The molecule has 1 heterocycles. The van der Waals surface area contributed by atoms with Crippen LogP contribution in [0.2, 0.25) is 0 Å². The number of nitrogens with zero attached hydrogens (tertiary/aromatic N) is 2. The van der Waals surface area contributed by atoms with E-state index in [1.165, 1.54) is 22.3 Å². The molecule has 0 spiro atoms. The van der Waals surface area contributed by atoms with E-state index in [4.69, 9.17) is 4.74 Å². The first-order valence-corrected chi connectivity index (χ1v) is 12.0. The molecule has 1 amide bonds. The van der Waals surface area contributed by atoms with Crippen LogP contribution in [-0.4, -0.2) is 77.7 Å². The van der Waals surface area contributed by atoms with Gasteiger partial charge in [-0.25, -0.2) is 21.1 Å². The maximum Gasteiger partial charge on any atom is 0.257 e. The van der Waals surface area contributed by atoms with Crippen LogP contribution in [0.5, 0.6) is 5.75 Å². The van der Waals surface area contributed by atoms with Crippen molar-refractivity contribution in [3.63, 3.8) is 0 Å². The molecule has 1 aromatic carbocycles. The number of para-hydroxylation sites is 1. The van der Waals surface area contributed by atoms with Crippen LogP contribution in [-0.2, 0) is 20.0 Å². The van der Waals surface area contributed by atoms with Crippen molar-refractivity contribution in [1.82, 2.24) is 9.21 Å². The van der Waals surface area contributed by atoms with E-state index in [0.29, 0.717) is 6.54 Å². The number of amides is 1. The van der Waals surface area contributed by atoms with Gasteiger partial charge in [0.1, 0.15) is 6.10 Å². The normalized spacial score (nSPS) is 21.3. The topological polar surface area (TPSA) is 113 Å². The van der Waals surface area contributed by atoms with Gasteiger partial charge in [-0.1, -0.05) is 13.0 Å². The Hall–Kier alpha value is -1.85. The van der Waals surface area contributed by atoms with Gasteiger partial charge >= 0.3 is 0 Å². The van der Waals surface area contributed by atoms with Crippen LogP contribution in [0.15, 0.2) is 18.2 Å². The van der Waals surface area contributed by atoms with Crippen molar-refractivity contribution in [3.05, 3.63) is 23.8 Å². The fourth-order valence-electron chi connectivity index (χ4n) is 2.82. The summed E-state index contributed by atoms with van der Waals surface area (Å²) in [5.41, 5.74) is 0.350. The summed E-state index contributed by atoms with van der Waals surface area (Å²) >= 11 is 0. The third-order valence-corrected chi connectivity index (χ3v) is 6.23. The number of hydrogen-bond donors (Lipinski definition) is 1. The highest BCUT2D eigenvalue weighted by Crippen LogP contribution is 2.34. The van der Waals surface area contributed by atoms with Gasteiger partial charge in [0.05, 0.1) is 30.3 Å². The largest absolute Gasteiger partial charge is 0.486 e. The first kappa shape index (κ1) is 21.5. The highest BCUT2D eigenvalue weighted by molar-refractivity contribution is 7.92. The number of fused-ring (bicyclic) bond motifs is 1. The molecule has 1 aromatic rings. The summed E-state index contributed by atoms with van der Waals surface area (Å²) in [7, 11) is -3.94. The molecule has 1 aliphatic heterocycles. The Morgan fingerprint density at radius 2 is 1.89 bits per heavy atom. The van der Waals surface area contributed by atoms with Crippen LogP contribution in [0.1, 0.15) is 17.3 Å². The number of anilines is 1. The minimum Gasteiger partial charge on any atom is -0.486 e. The van der Waals surface area contributed by atoms with Gasteiger partial charge in [-0.15, -0.1) is 0 Å². The van der Waals surface area contributed by atoms with Crippen molar-refractivity contribution >= 4 is 31.6 Å². The zero-order valence-electron chi connectivity index (χ0n) is 16.0. The first-order chi connectivity index (χ1) is 12.3. The lowest BCUT2D eigenvalue weighted by atomic mass is 10.0. The fraction of sp³-hybridized carbons (Fsp3) is 0.562. The van der Waals surface area contributed by atoms with E-state index in [1.54, 1.807) is 19.2 Å². The van der Waals surface area contributed by atoms with Crippen LogP contribution >= 0.6 is 0 Å². The third kappa shape index (κ3) is 5.33. The average molecular weight is 420 g/mol. The number of likely N-dealkylation sites (N-methyl/N-ethyl adjacent to an activating group) is 1. The number of sulfonamides is 2. The minimum absolute atomic E-state index is 0.0642. The van der Waals surface area contributed by atoms with Gasteiger partial charge < -0.3 is 9.64 Å². The van der Waals surface area contributed by atoms with Crippen molar-refractivity contribution in [2.45, 2.75) is 13.0 Å². The average Bonchev–Trinajstić information content (AvgIpc) is 2.51. The number of nitrogens with one attached hydrogen (secondary N) is 1. The highest BCUT2D eigenvalue weighted by atomic mass is 32.2. The van der Waals surface area contributed by atoms with Gasteiger partial charge in [0.2, 0.25) is 20.0 Å². The molecule has 11 heteroatoms. The van der Waals surface area contributed by atoms with E-state index >= 15 is 0 Å². The second-order valence-electron chi connectivity index (χ2n) is 6.92. The van der Waals surface area contributed by atoms with Crippen LogP contribution in [0.3, 0.4) is 0 Å². The molecule has 1 aliphatic rings. The number of carbonyl (C=O) groups is 1. The van der Waals surface area contributed by atoms with E-state index in [-0.39, 0.29) is 35.4 Å². The molecule has 2 rings (SSSR count). The first-order valence-electron chi connectivity index (χ1n) is 8.24. The molecule has 0 saturated heterocycles. The van der Waals surface area contributed by atoms with Crippen LogP contribution in [0.25, 0.3) is 0 Å². The molecule has 0 aliphatic carbocycles. The third-order valence-electron chi connectivity index (χ3n) is 4.36. The van der Waals surface area contributed by atoms with E-state index < -0.39 is 26.2 Å². The van der Waals surface area contributed by atoms with E-state index in [1.807, 2.05) is 6.92 Å². The number of hydrogen-bond acceptors (Lipinski definition) is 6. The summed E-state index contributed by atoms with van der Waals surface area (Å²) in [6, 6.07) is 4.61. The lowest BCUT2D eigenvalue weighted by molar-refractivity contribution is 0.0607. The predicted molar refractivity (Wildman–Crippen MR) is 103 cm³/mol. The maximum atomic E-state index is 12.7. The second-order valence-corrected chi connectivity index (χ2v) is 10.8. The molecule has 2 atom stereocenters. The molecule has 0 bridgehead atoms. The van der Waals surface area contributed by atoms with Crippen molar-refractivity contribution < 1.29 is 26.4 Å². The van der Waals surface area contributed by atoms with E-state index in [9.17, 15) is 21.6 Å². The Balaban J connectivity index is 2.53. The minimum atomic E-state index is -3.60. The molecule has 27 heavy (non-hydrogen) atoms. The lowest BCUT2D eigenvalue weighted by Gasteiger charge is -2.34. The molecule has 1 N–H and O–H groups in total. The highest BCUT2D eigenvalue weighted by Gasteiger charge is 2.32. The van der Waals surface area contributed by atoms with Gasteiger partial charge in [0.25, 0.3) is 5.91 Å². The molecule has 9 nitrogen and oxygen atoms in total. The summed E-state index contributed by atoms with van der Waals surface area (Å²) in [6.45, 7) is 2.28. The Bertz CT molecular complexity index is 929. The quantitative estimate of drug-likeness (QED) is 0.740. The van der Waals surface area contributed by atoms with Crippen molar-refractivity contribution in [2.75, 3.05) is 44.4 Å². The van der Waals surface area contributed by atoms with Gasteiger partial charge in [0.15, 0.2) is 5.75 Å². The molecule has 0 saturated carbocycles.